The molecule has 3 aromatic rings. The monoisotopic (exact) mass is 424 g/mol. The summed E-state index contributed by atoms with van der Waals surface area (Å²) in [5, 5.41) is 13.0. The van der Waals surface area contributed by atoms with Gasteiger partial charge >= 0.3 is 0 Å². The zero-order chi connectivity index (χ0) is 19.2. The van der Waals surface area contributed by atoms with E-state index in [0.29, 0.717) is 28.3 Å². The molecule has 0 unspecified atom stereocenters. The van der Waals surface area contributed by atoms with Crippen molar-refractivity contribution < 1.29 is 14.6 Å². The predicted octanol–water partition coefficient (Wildman–Crippen LogP) is 5.17. The van der Waals surface area contributed by atoms with Crippen molar-refractivity contribution in [3.05, 3.63) is 82.3 Å². The first kappa shape index (κ1) is 18.7. The topological polar surface area (TPSA) is 70.9 Å². The predicted molar refractivity (Wildman–Crippen MR) is 110 cm³/mol. The van der Waals surface area contributed by atoms with E-state index in [9.17, 15) is 9.90 Å². The Morgan fingerprint density at radius 3 is 2.63 bits per heavy atom. The molecule has 0 saturated carbocycles. The molecule has 5 nitrogen and oxygen atoms in total. The maximum absolute atomic E-state index is 12.3. The number of carbonyl (C=O) groups excluding carboxylic acids is 1. The first-order valence-corrected chi connectivity index (χ1v) is 8.93. The van der Waals surface area contributed by atoms with E-state index in [2.05, 4.69) is 26.2 Å². The summed E-state index contributed by atoms with van der Waals surface area (Å²) in [4.78, 5) is 16.6. The number of aliphatic imine (C=N–C) groups is 1. The minimum atomic E-state index is -0.189. The van der Waals surface area contributed by atoms with Crippen LogP contribution in [0.25, 0.3) is 0 Å². The molecule has 0 heterocycles. The van der Waals surface area contributed by atoms with Crippen LogP contribution in [0.2, 0.25) is 0 Å². The molecular weight excluding hydrogens is 408 g/mol. The van der Waals surface area contributed by atoms with Gasteiger partial charge < -0.3 is 15.2 Å². The number of nitrogens with one attached hydrogen (secondary N) is 1. The van der Waals surface area contributed by atoms with Gasteiger partial charge in [0.1, 0.15) is 0 Å². The lowest BCUT2D eigenvalue weighted by molar-refractivity contribution is 0.102. The normalized spacial score (nSPS) is 10.7. The largest absolute Gasteiger partial charge is 0.504 e. The molecule has 1 amide bonds. The maximum Gasteiger partial charge on any atom is 0.255 e. The number of halogens is 1. The fourth-order valence-electron chi connectivity index (χ4n) is 2.45. The molecule has 0 atom stereocenters. The molecule has 27 heavy (non-hydrogen) atoms. The molecule has 0 aliphatic carbocycles. The number of anilines is 1. The fraction of sp³-hybridized carbons (Fsp3) is 0.0476. The molecule has 2 N–H and O–H groups in total. The van der Waals surface area contributed by atoms with Gasteiger partial charge in [0.15, 0.2) is 11.5 Å². The van der Waals surface area contributed by atoms with Crippen molar-refractivity contribution in [3.63, 3.8) is 0 Å². The van der Waals surface area contributed by atoms with Gasteiger partial charge in [-0.3, -0.25) is 9.79 Å². The number of carbonyl (C=O) groups is 1. The molecular formula is C21H17BrN2O3. The average Bonchev–Trinajstić information content (AvgIpc) is 2.69. The number of phenolic OH excluding ortho intramolecular Hbond substituents is 1. The molecule has 6 heteroatoms. The first-order valence-electron chi connectivity index (χ1n) is 8.14. The lowest BCUT2D eigenvalue weighted by atomic mass is 10.2. The number of nitrogens with zero attached hydrogens (tertiary/aromatic N) is 1. The summed E-state index contributed by atoms with van der Waals surface area (Å²) in [6.07, 6.45) is 1.54. The lowest BCUT2D eigenvalue weighted by Crippen LogP contribution is -2.11. The number of amides is 1. The van der Waals surface area contributed by atoms with Crippen LogP contribution in [0.15, 0.2) is 76.2 Å². The van der Waals surface area contributed by atoms with Gasteiger partial charge in [-0.2, -0.15) is 0 Å². The van der Waals surface area contributed by atoms with Crippen LogP contribution >= 0.6 is 15.9 Å². The van der Waals surface area contributed by atoms with Gasteiger partial charge in [0.05, 0.1) is 12.8 Å². The second-order valence-electron chi connectivity index (χ2n) is 5.67. The summed E-state index contributed by atoms with van der Waals surface area (Å²) in [6, 6.07) is 19.6. The van der Waals surface area contributed by atoms with E-state index in [1.54, 1.807) is 54.7 Å². The molecule has 3 aromatic carbocycles. The highest BCUT2D eigenvalue weighted by Gasteiger charge is 2.08. The minimum absolute atomic E-state index is 0.0120. The second kappa shape index (κ2) is 8.51. The van der Waals surface area contributed by atoms with E-state index in [-0.39, 0.29) is 11.7 Å². The summed E-state index contributed by atoms with van der Waals surface area (Å²) < 4.78 is 5.90. The summed E-state index contributed by atoms with van der Waals surface area (Å²) >= 11 is 3.37. The Morgan fingerprint density at radius 1 is 1.11 bits per heavy atom. The zero-order valence-electron chi connectivity index (χ0n) is 14.5. The number of rotatable bonds is 5. The van der Waals surface area contributed by atoms with Crippen molar-refractivity contribution in [2.75, 3.05) is 12.4 Å². The number of aromatic hydroxyl groups is 1. The molecule has 3 rings (SSSR count). The van der Waals surface area contributed by atoms with E-state index in [1.165, 1.54) is 7.11 Å². The smallest absolute Gasteiger partial charge is 0.255 e. The number of phenols is 1. The molecule has 0 aliphatic heterocycles. The zero-order valence-corrected chi connectivity index (χ0v) is 16.1. The van der Waals surface area contributed by atoms with Crippen molar-refractivity contribution in [1.82, 2.24) is 0 Å². The van der Waals surface area contributed by atoms with Crippen LogP contribution in [0.4, 0.5) is 11.4 Å². The molecule has 0 spiro atoms. The molecule has 0 radical (unpaired) electrons. The third-order valence-corrected chi connectivity index (χ3v) is 4.24. The van der Waals surface area contributed by atoms with Gasteiger partial charge in [-0.1, -0.05) is 40.2 Å². The van der Waals surface area contributed by atoms with E-state index in [0.717, 1.165) is 4.47 Å². The van der Waals surface area contributed by atoms with Gasteiger partial charge in [-0.15, -0.1) is 0 Å². The van der Waals surface area contributed by atoms with E-state index >= 15 is 0 Å². The van der Waals surface area contributed by atoms with Crippen LogP contribution in [0.1, 0.15) is 15.9 Å². The Morgan fingerprint density at radius 2 is 1.89 bits per heavy atom. The Kier molecular flexibility index (Phi) is 5.88. The molecule has 0 aromatic heterocycles. The van der Waals surface area contributed by atoms with Crippen LogP contribution in [0.3, 0.4) is 0 Å². The molecule has 136 valence electrons. The maximum atomic E-state index is 12.3. The Hall–Kier alpha value is -3.12. The number of ether oxygens (including phenoxy) is 1. The van der Waals surface area contributed by atoms with Crippen LogP contribution in [-0.2, 0) is 0 Å². The standard InChI is InChI=1S/C21H17BrN2O3/c1-27-19-11-16(22)10-15(20(19)25)13-23-17-8-5-9-18(12-17)24-21(26)14-6-3-2-4-7-14/h2-13,25H,1H3,(H,24,26). The Balaban J connectivity index is 1.79. The highest BCUT2D eigenvalue weighted by molar-refractivity contribution is 9.10. The van der Waals surface area contributed by atoms with Gasteiger partial charge in [0.25, 0.3) is 5.91 Å². The molecule has 0 saturated heterocycles. The van der Waals surface area contributed by atoms with Crippen LogP contribution in [0, 0.1) is 0 Å². The molecule has 0 bridgehead atoms. The van der Waals surface area contributed by atoms with Crippen LogP contribution in [-0.4, -0.2) is 24.3 Å². The Labute approximate surface area is 165 Å². The summed E-state index contributed by atoms with van der Waals surface area (Å²) in [7, 11) is 1.49. The van der Waals surface area contributed by atoms with Crippen molar-refractivity contribution in [3.8, 4) is 11.5 Å². The van der Waals surface area contributed by atoms with Crippen molar-refractivity contribution in [1.29, 1.82) is 0 Å². The third-order valence-electron chi connectivity index (χ3n) is 3.78. The minimum Gasteiger partial charge on any atom is -0.504 e. The van der Waals surface area contributed by atoms with Crippen LogP contribution < -0.4 is 10.1 Å². The average molecular weight is 425 g/mol. The van der Waals surface area contributed by atoms with Gasteiger partial charge in [0.2, 0.25) is 0 Å². The van der Waals surface area contributed by atoms with Crippen molar-refractivity contribution in [2.45, 2.75) is 0 Å². The van der Waals surface area contributed by atoms with Crippen molar-refractivity contribution in [2.24, 2.45) is 4.99 Å². The lowest BCUT2D eigenvalue weighted by Gasteiger charge is -2.07. The van der Waals surface area contributed by atoms with E-state index in [1.807, 2.05) is 18.2 Å². The summed E-state index contributed by atoms with van der Waals surface area (Å²) in [6.45, 7) is 0. The third kappa shape index (κ3) is 4.74. The molecule has 0 aliphatic rings. The van der Waals surface area contributed by atoms with Crippen LogP contribution in [0.5, 0.6) is 11.5 Å². The van der Waals surface area contributed by atoms with Gasteiger partial charge in [0, 0.05) is 27.5 Å². The second-order valence-corrected chi connectivity index (χ2v) is 6.59. The molecule has 0 fully saturated rings. The number of hydrogen-bond acceptors (Lipinski definition) is 4. The summed E-state index contributed by atoms with van der Waals surface area (Å²) in [5.74, 6) is 0.179. The Bertz CT molecular complexity index is 988. The number of benzene rings is 3. The number of hydrogen-bond donors (Lipinski definition) is 2. The van der Waals surface area contributed by atoms with Gasteiger partial charge in [-0.25, -0.2) is 0 Å². The summed E-state index contributed by atoms with van der Waals surface area (Å²) in [5.41, 5.74) is 2.37. The fourth-order valence-corrected chi connectivity index (χ4v) is 2.90. The quantitative estimate of drug-likeness (QED) is 0.555. The highest BCUT2D eigenvalue weighted by Crippen LogP contribution is 2.33. The van der Waals surface area contributed by atoms with Gasteiger partial charge in [-0.05, 0) is 42.5 Å². The highest BCUT2D eigenvalue weighted by atomic mass is 79.9. The van der Waals surface area contributed by atoms with Crippen molar-refractivity contribution >= 4 is 39.4 Å². The first-order chi connectivity index (χ1) is 13.1. The number of methoxy groups -OCH3 is 1. The SMILES string of the molecule is COc1cc(Br)cc(C=Nc2cccc(NC(=O)c3ccccc3)c2)c1O. The van der Waals surface area contributed by atoms with E-state index in [4.69, 9.17) is 4.74 Å². The van der Waals surface area contributed by atoms with E-state index < -0.39 is 0 Å².